The van der Waals surface area contributed by atoms with Gasteiger partial charge < -0.3 is 10.2 Å². The summed E-state index contributed by atoms with van der Waals surface area (Å²) in [6.45, 7) is 3.88. The van der Waals surface area contributed by atoms with Crippen LogP contribution in [0.4, 0.5) is 17.3 Å². The zero-order chi connectivity index (χ0) is 20.3. The SMILES string of the molecule is Cc1cccc(S(=O)(=O)N2CCN(c3ccc(Nc4ccccc4)nn3)CC2)c1. The zero-order valence-corrected chi connectivity index (χ0v) is 17.0. The van der Waals surface area contributed by atoms with E-state index >= 15 is 0 Å². The van der Waals surface area contributed by atoms with Gasteiger partial charge in [0.15, 0.2) is 11.6 Å². The molecule has 2 aromatic carbocycles. The highest BCUT2D eigenvalue weighted by atomic mass is 32.2. The molecule has 0 amide bonds. The first kappa shape index (κ1) is 19.4. The van der Waals surface area contributed by atoms with E-state index in [2.05, 4.69) is 20.4 Å². The number of piperazine rings is 1. The summed E-state index contributed by atoms with van der Waals surface area (Å²) in [5, 5.41) is 11.7. The van der Waals surface area contributed by atoms with Crippen LogP contribution < -0.4 is 10.2 Å². The smallest absolute Gasteiger partial charge is 0.243 e. The van der Waals surface area contributed by atoms with Crippen LogP contribution in [0.2, 0.25) is 0 Å². The molecule has 1 aliphatic rings. The maximum atomic E-state index is 12.9. The van der Waals surface area contributed by atoms with Gasteiger partial charge in [-0.1, -0.05) is 30.3 Å². The summed E-state index contributed by atoms with van der Waals surface area (Å²) in [6, 6.07) is 20.6. The van der Waals surface area contributed by atoms with Gasteiger partial charge in [0.1, 0.15) is 0 Å². The van der Waals surface area contributed by atoms with Gasteiger partial charge in [-0.2, -0.15) is 4.31 Å². The molecule has 150 valence electrons. The van der Waals surface area contributed by atoms with Crippen molar-refractivity contribution in [3.63, 3.8) is 0 Å². The Balaban J connectivity index is 1.39. The Labute approximate surface area is 171 Å². The number of aromatic nitrogens is 2. The molecule has 0 aliphatic carbocycles. The maximum absolute atomic E-state index is 12.9. The van der Waals surface area contributed by atoms with Gasteiger partial charge in [-0.05, 0) is 48.9 Å². The molecule has 0 saturated carbocycles. The number of hydrogen-bond donors (Lipinski definition) is 1. The van der Waals surface area contributed by atoms with Crippen LogP contribution in [0.5, 0.6) is 0 Å². The molecule has 3 aromatic rings. The molecule has 0 unspecified atom stereocenters. The molecule has 1 N–H and O–H groups in total. The van der Waals surface area contributed by atoms with Crippen molar-refractivity contribution in [2.75, 3.05) is 36.4 Å². The van der Waals surface area contributed by atoms with E-state index in [1.54, 1.807) is 18.2 Å². The quantitative estimate of drug-likeness (QED) is 0.698. The van der Waals surface area contributed by atoms with E-state index in [4.69, 9.17) is 0 Å². The summed E-state index contributed by atoms with van der Waals surface area (Å²) in [5.74, 6) is 1.41. The summed E-state index contributed by atoms with van der Waals surface area (Å²) in [6.07, 6.45) is 0. The summed E-state index contributed by atoms with van der Waals surface area (Å²) in [5.41, 5.74) is 1.88. The monoisotopic (exact) mass is 409 g/mol. The molecule has 29 heavy (non-hydrogen) atoms. The molecule has 7 nitrogen and oxygen atoms in total. The third-order valence-corrected chi connectivity index (χ3v) is 6.78. The van der Waals surface area contributed by atoms with Crippen LogP contribution in [0.1, 0.15) is 5.56 Å². The third kappa shape index (κ3) is 4.38. The fourth-order valence-corrected chi connectivity index (χ4v) is 4.84. The largest absolute Gasteiger partial charge is 0.352 e. The van der Waals surface area contributed by atoms with Crippen LogP contribution in [0.25, 0.3) is 0 Å². The maximum Gasteiger partial charge on any atom is 0.243 e. The van der Waals surface area contributed by atoms with E-state index in [1.165, 1.54) is 4.31 Å². The molecule has 0 radical (unpaired) electrons. The predicted molar refractivity (Wildman–Crippen MR) is 114 cm³/mol. The molecular formula is C21H23N5O2S. The molecule has 0 bridgehead atoms. The predicted octanol–water partition coefficient (Wildman–Crippen LogP) is 3.04. The Kier molecular flexibility index (Phi) is 5.46. The van der Waals surface area contributed by atoms with Crippen molar-refractivity contribution in [2.24, 2.45) is 0 Å². The molecule has 0 atom stereocenters. The van der Waals surface area contributed by atoms with E-state index in [0.29, 0.717) is 36.9 Å². The van der Waals surface area contributed by atoms with Gasteiger partial charge in [-0.15, -0.1) is 10.2 Å². The summed E-state index contributed by atoms with van der Waals surface area (Å²) >= 11 is 0. The van der Waals surface area contributed by atoms with E-state index < -0.39 is 10.0 Å². The first-order valence-corrected chi connectivity index (χ1v) is 10.9. The van der Waals surface area contributed by atoms with E-state index in [9.17, 15) is 8.42 Å². The van der Waals surface area contributed by atoms with Gasteiger partial charge in [0, 0.05) is 31.9 Å². The van der Waals surface area contributed by atoms with Gasteiger partial charge in [-0.3, -0.25) is 0 Å². The van der Waals surface area contributed by atoms with Crippen LogP contribution in [0.15, 0.2) is 71.6 Å². The Bertz CT molecular complexity index is 1060. The normalized spacial score (nSPS) is 15.3. The van der Waals surface area contributed by atoms with Crippen LogP contribution in [-0.4, -0.2) is 49.1 Å². The van der Waals surface area contributed by atoms with Crippen molar-refractivity contribution in [3.05, 3.63) is 72.3 Å². The second kappa shape index (κ2) is 8.18. The van der Waals surface area contributed by atoms with Gasteiger partial charge >= 0.3 is 0 Å². The molecule has 1 aromatic heterocycles. The van der Waals surface area contributed by atoms with Gasteiger partial charge in [0.2, 0.25) is 10.0 Å². The minimum absolute atomic E-state index is 0.349. The fraction of sp³-hybridized carbons (Fsp3) is 0.238. The van der Waals surface area contributed by atoms with Crippen molar-refractivity contribution in [2.45, 2.75) is 11.8 Å². The zero-order valence-electron chi connectivity index (χ0n) is 16.2. The van der Waals surface area contributed by atoms with Crippen molar-refractivity contribution in [1.29, 1.82) is 0 Å². The minimum atomic E-state index is -3.47. The number of nitrogens with zero attached hydrogens (tertiary/aromatic N) is 4. The third-order valence-electron chi connectivity index (χ3n) is 4.89. The lowest BCUT2D eigenvalue weighted by atomic mass is 10.2. The summed E-state index contributed by atoms with van der Waals surface area (Å²) in [7, 11) is -3.47. The second-order valence-corrected chi connectivity index (χ2v) is 8.91. The first-order chi connectivity index (χ1) is 14.0. The van der Waals surface area contributed by atoms with Gasteiger partial charge in [0.25, 0.3) is 0 Å². The molecular weight excluding hydrogens is 386 g/mol. The van der Waals surface area contributed by atoms with Crippen molar-refractivity contribution in [3.8, 4) is 0 Å². The van der Waals surface area contributed by atoms with E-state index in [1.807, 2.05) is 55.5 Å². The standard InChI is InChI=1S/C21H23N5O2S/c1-17-6-5-9-19(16-17)29(27,28)26-14-12-25(13-15-26)21-11-10-20(23-24-21)22-18-7-3-2-4-8-18/h2-11,16H,12-15H2,1H3,(H,22,23). The molecule has 0 spiro atoms. The first-order valence-electron chi connectivity index (χ1n) is 9.50. The lowest BCUT2D eigenvalue weighted by Gasteiger charge is -2.34. The number of para-hydroxylation sites is 1. The van der Waals surface area contributed by atoms with Crippen molar-refractivity contribution < 1.29 is 8.42 Å². The van der Waals surface area contributed by atoms with Crippen LogP contribution >= 0.6 is 0 Å². The summed E-state index contributed by atoms with van der Waals surface area (Å²) in [4.78, 5) is 2.41. The van der Waals surface area contributed by atoms with Crippen LogP contribution in [0, 0.1) is 6.92 Å². The van der Waals surface area contributed by atoms with E-state index in [-0.39, 0.29) is 0 Å². The fourth-order valence-electron chi connectivity index (χ4n) is 3.31. The van der Waals surface area contributed by atoms with E-state index in [0.717, 1.165) is 17.1 Å². The number of rotatable bonds is 5. The molecule has 1 aliphatic heterocycles. The van der Waals surface area contributed by atoms with Crippen molar-refractivity contribution >= 4 is 27.3 Å². The number of anilines is 3. The lowest BCUT2D eigenvalue weighted by molar-refractivity contribution is 0.383. The minimum Gasteiger partial charge on any atom is -0.352 e. The lowest BCUT2D eigenvalue weighted by Crippen LogP contribution is -2.49. The Hall–Kier alpha value is -2.97. The Morgan fingerprint density at radius 3 is 2.28 bits per heavy atom. The average Bonchev–Trinajstić information content (AvgIpc) is 2.75. The average molecular weight is 410 g/mol. The highest BCUT2D eigenvalue weighted by molar-refractivity contribution is 7.89. The molecule has 2 heterocycles. The molecule has 4 rings (SSSR count). The number of sulfonamides is 1. The molecule has 8 heteroatoms. The van der Waals surface area contributed by atoms with Gasteiger partial charge in [-0.25, -0.2) is 8.42 Å². The highest BCUT2D eigenvalue weighted by Gasteiger charge is 2.29. The molecule has 1 fully saturated rings. The summed E-state index contributed by atoms with van der Waals surface area (Å²) < 4.78 is 27.3. The number of hydrogen-bond acceptors (Lipinski definition) is 6. The topological polar surface area (TPSA) is 78.4 Å². The molecule has 1 saturated heterocycles. The van der Waals surface area contributed by atoms with Gasteiger partial charge in [0.05, 0.1) is 4.90 Å². The van der Waals surface area contributed by atoms with Crippen LogP contribution in [-0.2, 0) is 10.0 Å². The number of nitrogens with one attached hydrogen (secondary N) is 1. The second-order valence-electron chi connectivity index (χ2n) is 6.98. The van der Waals surface area contributed by atoms with Crippen molar-refractivity contribution in [1.82, 2.24) is 14.5 Å². The number of benzene rings is 2. The highest BCUT2D eigenvalue weighted by Crippen LogP contribution is 2.21. The Morgan fingerprint density at radius 1 is 0.862 bits per heavy atom. The van der Waals surface area contributed by atoms with Crippen LogP contribution in [0.3, 0.4) is 0 Å². The number of aryl methyl sites for hydroxylation is 1. The Morgan fingerprint density at radius 2 is 1.62 bits per heavy atom.